The lowest BCUT2D eigenvalue weighted by molar-refractivity contribution is -0.114. The number of aliphatic hydroxyl groups is 1. The van der Waals surface area contributed by atoms with Crippen molar-refractivity contribution in [1.29, 1.82) is 0 Å². The Morgan fingerprint density at radius 2 is 2.20 bits per heavy atom. The quantitative estimate of drug-likeness (QED) is 0.829. The Bertz CT molecular complexity index is 347. The lowest BCUT2D eigenvalue weighted by Crippen LogP contribution is -2.52. The van der Waals surface area contributed by atoms with Crippen LogP contribution in [-0.4, -0.2) is 11.7 Å². The molecule has 0 spiro atoms. The van der Waals surface area contributed by atoms with E-state index in [1.54, 1.807) is 11.3 Å². The van der Waals surface area contributed by atoms with Gasteiger partial charge in [0.05, 0.1) is 0 Å². The molecule has 1 aromatic rings. The van der Waals surface area contributed by atoms with Crippen LogP contribution in [0.1, 0.15) is 35.9 Å². The minimum Gasteiger partial charge on any atom is -0.384 e. The molecule has 0 bridgehead atoms. The third-order valence-corrected chi connectivity index (χ3v) is 5.17. The first-order valence-corrected chi connectivity index (χ1v) is 6.33. The van der Waals surface area contributed by atoms with Crippen LogP contribution >= 0.6 is 11.3 Å². The van der Waals surface area contributed by atoms with Crippen molar-refractivity contribution in [3.8, 4) is 0 Å². The predicted octanol–water partition coefficient (Wildman–Crippen LogP) is 2.39. The van der Waals surface area contributed by atoms with Crippen molar-refractivity contribution in [2.24, 2.45) is 11.1 Å². The summed E-state index contributed by atoms with van der Waals surface area (Å²) in [5.74, 6) is 0. The highest BCUT2D eigenvalue weighted by Gasteiger charge is 2.51. The van der Waals surface area contributed by atoms with Gasteiger partial charge in [0.15, 0.2) is 0 Å². The lowest BCUT2D eigenvalue weighted by atomic mass is 9.59. The van der Waals surface area contributed by atoms with Gasteiger partial charge in [0.2, 0.25) is 0 Å². The third-order valence-electron chi connectivity index (χ3n) is 3.95. The lowest BCUT2D eigenvalue weighted by Gasteiger charge is -2.51. The van der Waals surface area contributed by atoms with Gasteiger partial charge >= 0.3 is 0 Å². The summed E-state index contributed by atoms with van der Waals surface area (Å²) in [4.78, 5) is 2.31. The van der Waals surface area contributed by atoms with Crippen LogP contribution in [0.25, 0.3) is 0 Å². The fourth-order valence-corrected chi connectivity index (χ4v) is 3.49. The summed E-state index contributed by atoms with van der Waals surface area (Å²) in [5, 5.41) is 10.7. The molecule has 0 aliphatic heterocycles. The molecule has 0 radical (unpaired) electrons. The number of rotatable bonds is 3. The van der Waals surface area contributed by atoms with Crippen molar-refractivity contribution in [2.75, 3.05) is 6.54 Å². The van der Waals surface area contributed by atoms with Crippen molar-refractivity contribution in [2.45, 2.75) is 38.7 Å². The minimum atomic E-state index is -0.751. The summed E-state index contributed by atoms with van der Waals surface area (Å²) in [7, 11) is 0. The Balaban J connectivity index is 2.33. The standard InChI is InChI=1S/C12H19NOS/c1-9-4-5-10(15-9)11(2,14)12(8-13)6-3-7-12/h4-5,14H,3,6-8,13H2,1-2H3. The molecule has 3 N–H and O–H groups in total. The van der Waals surface area contributed by atoms with E-state index in [2.05, 4.69) is 13.0 Å². The zero-order valence-corrected chi connectivity index (χ0v) is 10.2. The van der Waals surface area contributed by atoms with Crippen LogP contribution in [0, 0.1) is 12.3 Å². The molecule has 1 aliphatic carbocycles. The van der Waals surface area contributed by atoms with Crippen molar-refractivity contribution in [3.05, 3.63) is 21.9 Å². The van der Waals surface area contributed by atoms with Crippen molar-refractivity contribution >= 4 is 11.3 Å². The number of hydrogen-bond acceptors (Lipinski definition) is 3. The van der Waals surface area contributed by atoms with E-state index >= 15 is 0 Å². The molecule has 1 aliphatic rings. The van der Waals surface area contributed by atoms with Crippen molar-refractivity contribution in [1.82, 2.24) is 0 Å². The smallest absolute Gasteiger partial charge is 0.103 e. The Labute approximate surface area is 95.1 Å². The third kappa shape index (κ3) is 1.53. The van der Waals surface area contributed by atoms with Gasteiger partial charge in [-0.25, -0.2) is 0 Å². The minimum absolute atomic E-state index is 0.0791. The van der Waals surface area contributed by atoms with Gasteiger partial charge in [-0.15, -0.1) is 11.3 Å². The summed E-state index contributed by atoms with van der Waals surface area (Å²) in [6.45, 7) is 4.57. The van der Waals surface area contributed by atoms with Gasteiger partial charge in [0.25, 0.3) is 0 Å². The summed E-state index contributed by atoms with van der Waals surface area (Å²) < 4.78 is 0. The molecule has 1 unspecified atom stereocenters. The van der Waals surface area contributed by atoms with Gasteiger partial charge in [-0.3, -0.25) is 0 Å². The molecule has 0 aromatic carbocycles. The Kier molecular flexibility index (Phi) is 2.65. The predicted molar refractivity (Wildman–Crippen MR) is 64.0 cm³/mol. The summed E-state index contributed by atoms with van der Waals surface area (Å²) in [6.07, 6.45) is 3.29. The summed E-state index contributed by atoms with van der Waals surface area (Å²) in [5.41, 5.74) is 5.01. The van der Waals surface area contributed by atoms with Crippen LogP contribution in [0.3, 0.4) is 0 Å². The van der Waals surface area contributed by atoms with Gasteiger partial charge in [-0.2, -0.15) is 0 Å². The van der Waals surface area contributed by atoms with E-state index in [-0.39, 0.29) is 5.41 Å². The molecule has 1 saturated carbocycles. The fourth-order valence-electron chi connectivity index (χ4n) is 2.45. The molecule has 0 saturated heterocycles. The van der Waals surface area contributed by atoms with Crippen LogP contribution in [-0.2, 0) is 5.60 Å². The number of nitrogens with two attached hydrogens (primary N) is 1. The molecular weight excluding hydrogens is 206 g/mol. The highest BCUT2D eigenvalue weighted by Crippen LogP contribution is 2.54. The van der Waals surface area contributed by atoms with E-state index in [9.17, 15) is 5.11 Å². The monoisotopic (exact) mass is 225 g/mol. The Morgan fingerprint density at radius 3 is 2.53 bits per heavy atom. The summed E-state index contributed by atoms with van der Waals surface area (Å²) in [6, 6.07) is 4.10. The highest BCUT2D eigenvalue weighted by molar-refractivity contribution is 7.12. The molecule has 0 amide bonds. The molecule has 15 heavy (non-hydrogen) atoms. The maximum Gasteiger partial charge on any atom is 0.103 e. The molecular formula is C12H19NOS. The normalized spacial score (nSPS) is 23.2. The maximum atomic E-state index is 10.7. The first kappa shape index (κ1) is 11.1. The van der Waals surface area contributed by atoms with Gasteiger partial charge < -0.3 is 10.8 Å². The fraction of sp³-hybridized carbons (Fsp3) is 0.667. The Hall–Kier alpha value is -0.380. The zero-order chi connectivity index (χ0) is 11.1. The topological polar surface area (TPSA) is 46.2 Å². The van der Waals surface area contributed by atoms with E-state index in [1.807, 2.05) is 13.0 Å². The first-order chi connectivity index (χ1) is 7.02. The van der Waals surface area contributed by atoms with Gasteiger partial charge in [0.1, 0.15) is 5.60 Å². The molecule has 3 heteroatoms. The van der Waals surface area contributed by atoms with Crippen molar-refractivity contribution < 1.29 is 5.11 Å². The first-order valence-electron chi connectivity index (χ1n) is 5.51. The highest BCUT2D eigenvalue weighted by atomic mass is 32.1. The molecule has 2 rings (SSSR count). The maximum absolute atomic E-state index is 10.7. The van der Waals surface area contributed by atoms with Crippen LogP contribution in [0.15, 0.2) is 12.1 Å². The van der Waals surface area contributed by atoms with Gasteiger partial charge in [0, 0.05) is 21.7 Å². The van der Waals surface area contributed by atoms with E-state index in [0.717, 1.165) is 17.7 Å². The molecule has 2 nitrogen and oxygen atoms in total. The number of hydrogen-bond donors (Lipinski definition) is 2. The van der Waals surface area contributed by atoms with Crippen LogP contribution in [0.4, 0.5) is 0 Å². The molecule has 1 fully saturated rings. The molecule has 1 atom stereocenters. The van der Waals surface area contributed by atoms with Gasteiger partial charge in [-0.1, -0.05) is 6.42 Å². The second-order valence-electron chi connectivity index (χ2n) is 4.82. The average molecular weight is 225 g/mol. The average Bonchev–Trinajstić information content (AvgIpc) is 2.50. The second kappa shape index (κ2) is 3.58. The van der Waals surface area contributed by atoms with E-state index < -0.39 is 5.60 Å². The molecule has 1 aromatic heterocycles. The Morgan fingerprint density at radius 1 is 1.53 bits per heavy atom. The van der Waals surface area contributed by atoms with Crippen LogP contribution < -0.4 is 5.73 Å². The van der Waals surface area contributed by atoms with E-state index in [1.165, 1.54) is 11.3 Å². The van der Waals surface area contributed by atoms with Crippen LogP contribution in [0.5, 0.6) is 0 Å². The molecule has 1 heterocycles. The zero-order valence-electron chi connectivity index (χ0n) is 9.42. The number of thiophene rings is 1. The molecule has 84 valence electrons. The van der Waals surface area contributed by atoms with E-state index in [4.69, 9.17) is 5.73 Å². The van der Waals surface area contributed by atoms with Crippen molar-refractivity contribution in [3.63, 3.8) is 0 Å². The SMILES string of the molecule is Cc1ccc(C(C)(O)C2(CN)CCC2)s1. The second-order valence-corrected chi connectivity index (χ2v) is 6.11. The van der Waals surface area contributed by atoms with E-state index in [0.29, 0.717) is 6.54 Å². The number of aryl methyl sites for hydroxylation is 1. The van der Waals surface area contributed by atoms with Crippen LogP contribution in [0.2, 0.25) is 0 Å². The largest absolute Gasteiger partial charge is 0.384 e. The summed E-state index contributed by atoms with van der Waals surface area (Å²) >= 11 is 1.68. The van der Waals surface area contributed by atoms with Gasteiger partial charge in [-0.05, 0) is 38.8 Å².